The van der Waals surface area contributed by atoms with Gasteiger partial charge in [-0.2, -0.15) is 18.3 Å². The fourth-order valence-electron chi connectivity index (χ4n) is 1.80. The lowest BCUT2D eigenvalue weighted by atomic mass is 10.1. The number of nitrogens with zero attached hydrogens (tertiary/aromatic N) is 2. The number of carbonyl (C=O) groups excluding carboxylic acids is 2. The molecule has 0 saturated heterocycles. The van der Waals surface area contributed by atoms with Gasteiger partial charge in [0.25, 0.3) is 5.91 Å². The molecule has 5 nitrogen and oxygen atoms in total. The zero-order valence-electron chi connectivity index (χ0n) is 11.7. The lowest BCUT2D eigenvalue weighted by molar-refractivity contribution is -0.141. The number of hydrogen-bond donors (Lipinski definition) is 1. The molecule has 22 heavy (non-hydrogen) atoms. The van der Waals surface area contributed by atoms with Crippen molar-refractivity contribution in [2.24, 2.45) is 7.05 Å². The second-order valence-corrected chi connectivity index (χ2v) is 4.62. The van der Waals surface area contributed by atoms with Gasteiger partial charge in [-0.25, -0.2) is 0 Å². The summed E-state index contributed by atoms with van der Waals surface area (Å²) in [7, 11) is 1.25. The Hall–Kier alpha value is -2.64. The summed E-state index contributed by atoms with van der Waals surface area (Å²) in [5.41, 5.74) is -0.516. The number of anilines is 1. The normalized spacial score (nSPS) is 11.3. The summed E-state index contributed by atoms with van der Waals surface area (Å²) in [6, 6.07) is 6.70. The molecule has 0 aliphatic carbocycles. The lowest BCUT2D eigenvalue weighted by Crippen LogP contribution is -2.16. The number of nitrogens with one attached hydrogen (secondary N) is 1. The third-order valence-corrected chi connectivity index (χ3v) is 2.95. The van der Waals surface area contributed by atoms with Crippen LogP contribution in [0.15, 0.2) is 30.3 Å². The zero-order valence-corrected chi connectivity index (χ0v) is 11.7. The van der Waals surface area contributed by atoms with Crippen molar-refractivity contribution in [1.29, 1.82) is 0 Å². The molecule has 0 aliphatic heterocycles. The number of carbonyl (C=O) groups is 2. The summed E-state index contributed by atoms with van der Waals surface area (Å²) in [6.45, 7) is 1.40. The molecule has 2 rings (SSSR count). The molecular formula is C14H12F3N3O2. The van der Waals surface area contributed by atoms with E-state index in [4.69, 9.17) is 0 Å². The van der Waals surface area contributed by atoms with Crippen LogP contribution in [0.4, 0.5) is 18.9 Å². The van der Waals surface area contributed by atoms with Crippen molar-refractivity contribution in [2.45, 2.75) is 13.1 Å². The van der Waals surface area contributed by atoms with Crippen molar-refractivity contribution >= 4 is 17.4 Å². The van der Waals surface area contributed by atoms with Crippen LogP contribution in [0.5, 0.6) is 0 Å². The number of hydrogen-bond acceptors (Lipinski definition) is 3. The Balaban J connectivity index is 2.19. The molecule has 0 bridgehead atoms. The van der Waals surface area contributed by atoms with Gasteiger partial charge in [-0.15, -0.1) is 0 Å². The van der Waals surface area contributed by atoms with Crippen molar-refractivity contribution in [3.05, 3.63) is 47.3 Å². The van der Waals surface area contributed by atoms with Crippen LogP contribution in [0, 0.1) is 0 Å². The maximum atomic E-state index is 12.6. The highest BCUT2D eigenvalue weighted by Gasteiger charge is 2.35. The van der Waals surface area contributed by atoms with Crippen molar-refractivity contribution in [3.8, 4) is 0 Å². The molecule has 1 aromatic carbocycles. The van der Waals surface area contributed by atoms with Crippen LogP contribution < -0.4 is 5.32 Å². The van der Waals surface area contributed by atoms with Gasteiger partial charge >= 0.3 is 6.18 Å². The molecule has 2 aromatic rings. The minimum absolute atomic E-state index is 0.126. The quantitative estimate of drug-likeness (QED) is 0.887. The minimum atomic E-state index is -4.61. The third kappa shape index (κ3) is 3.33. The smallest absolute Gasteiger partial charge is 0.321 e. The van der Waals surface area contributed by atoms with E-state index in [0.717, 1.165) is 4.68 Å². The van der Waals surface area contributed by atoms with E-state index < -0.39 is 17.8 Å². The molecule has 0 unspecified atom stereocenters. The zero-order chi connectivity index (χ0) is 16.5. The highest BCUT2D eigenvalue weighted by Crippen LogP contribution is 2.28. The molecule has 0 radical (unpaired) electrons. The van der Waals surface area contributed by atoms with Gasteiger partial charge in [0, 0.05) is 24.4 Å². The van der Waals surface area contributed by atoms with Gasteiger partial charge in [0.1, 0.15) is 5.69 Å². The standard InChI is InChI=1S/C14H12F3N3O2/c1-8(21)9-3-5-10(6-4-9)18-13(22)11-7-12(14(15,16)17)19-20(11)2/h3-7H,1-2H3,(H,18,22). The summed E-state index contributed by atoms with van der Waals surface area (Å²) >= 11 is 0. The fraction of sp³-hybridized carbons (Fsp3) is 0.214. The van der Waals surface area contributed by atoms with E-state index in [1.54, 1.807) is 0 Å². The maximum Gasteiger partial charge on any atom is 0.435 e. The largest absolute Gasteiger partial charge is 0.435 e. The van der Waals surface area contributed by atoms with Gasteiger partial charge in [0.2, 0.25) is 0 Å². The van der Waals surface area contributed by atoms with E-state index in [1.165, 1.54) is 38.2 Å². The van der Waals surface area contributed by atoms with Crippen LogP contribution in [0.2, 0.25) is 0 Å². The van der Waals surface area contributed by atoms with Crippen molar-refractivity contribution in [3.63, 3.8) is 0 Å². The molecule has 8 heteroatoms. The Labute approximate surface area is 123 Å². The Kier molecular flexibility index (Phi) is 4.03. The molecule has 0 fully saturated rings. The topological polar surface area (TPSA) is 64.0 Å². The molecule has 116 valence electrons. The Morgan fingerprint density at radius 2 is 1.77 bits per heavy atom. The predicted octanol–water partition coefficient (Wildman–Crippen LogP) is 2.89. The van der Waals surface area contributed by atoms with E-state index in [2.05, 4.69) is 10.4 Å². The van der Waals surface area contributed by atoms with Gasteiger partial charge in [-0.3, -0.25) is 14.3 Å². The Morgan fingerprint density at radius 3 is 2.23 bits per heavy atom. The number of ketones is 1. The number of Topliss-reactive ketones (excluding diaryl/α,β-unsaturated/α-hetero) is 1. The van der Waals surface area contributed by atoms with E-state index in [-0.39, 0.29) is 11.5 Å². The molecular weight excluding hydrogens is 299 g/mol. The maximum absolute atomic E-state index is 12.6. The van der Waals surface area contributed by atoms with Crippen LogP contribution in [0.3, 0.4) is 0 Å². The first-order valence-corrected chi connectivity index (χ1v) is 6.22. The molecule has 1 N–H and O–H groups in total. The van der Waals surface area contributed by atoms with Gasteiger partial charge < -0.3 is 5.32 Å². The molecule has 0 saturated carbocycles. The van der Waals surface area contributed by atoms with Crippen molar-refractivity contribution in [1.82, 2.24) is 9.78 Å². The average Bonchev–Trinajstić information content (AvgIpc) is 2.81. The monoisotopic (exact) mass is 311 g/mol. The number of amides is 1. The van der Waals surface area contributed by atoms with Crippen LogP contribution in [-0.2, 0) is 13.2 Å². The van der Waals surface area contributed by atoms with E-state index in [0.29, 0.717) is 17.3 Å². The summed E-state index contributed by atoms with van der Waals surface area (Å²) in [6.07, 6.45) is -4.61. The van der Waals surface area contributed by atoms with Gasteiger partial charge in [-0.1, -0.05) is 0 Å². The first kappa shape index (κ1) is 15.7. The highest BCUT2D eigenvalue weighted by molar-refractivity contribution is 6.03. The first-order chi connectivity index (χ1) is 10.2. The Morgan fingerprint density at radius 1 is 1.18 bits per heavy atom. The highest BCUT2D eigenvalue weighted by atomic mass is 19.4. The first-order valence-electron chi connectivity index (χ1n) is 6.22. The third-order valence-electron chi connectivity index (χ3n) is 2.95. The number of aromatic nitrogens is 2. The molecule has 1 heterocycles. The summed E-state index contributed by atoms with van der Waals surface area (Å²) in [4.78, 5) is 23.1. The van der Waals surface area contributed by atoms with Crippen molar-refractivity contribution < 1.29 is 22.8 Å². The number of aryl methyl sites for hydroxylation is 1. The van der Waals surface area contributed by atoms with E-state index in [1.807, 2.05) is 0 Å². The predicted molar refractivity (Wildman–Crippen MR) is 72.6 cm³/mol. The van der Waals surface area contributed by atoms with Crippen LogP contribution >= 0.6 is 0 Å². The second kappa shape index (κ2) is 5.63. The minimum Gasteiger partial charge on any atom is -0.321 e. The van der Waals surface area contributed by atoms with Crippen molar-refractivity contribution in [2.75, 3.05) is 5.32 Å². The van der Waals surface area contributed by atoms with E-state index in [9.17, 15) is 22.8 Å². The van der Waals surface area contributed by atoms with Gasteiger partial charge in [-0.05, 0) is 31.2 Å². The molecule has 1 amide bonds. The van der Waals surface area contributed by atoms with Crippen LogP contribution in [0.1, 0.15) is 33.5 Å². The lowest BCUT2D eigenvalue weighted by Gasteiger charge is -2.05. The molecule has 0 aliphatic rings. The SMILES string of the molecule is CC(=O)c1ccc(NC(=O)c2cc(C(F)(F)F)nn2C)cc1. The van der Waals surface area contributed by atoms with Gasteiger partial charge in [0.15, 0.2) is 11.5 Å². The fourth-order valence-corrected chi connectivity index (χ4v) is 1.80. The van der Waals surface area contributed by atoms with Gasteiger partial charge in [0.05, 0.1) is 0 Å². The number of rotatable bonds is 3. The van der Waals surface area contributed by atoms with Crippen LogP contribution in [0.25, 0.3) is 0 Å². The molecule has 0 atom stereocenters. The summed E-state index contributed by atoms with van der Waals surface area (Å²) in [5.74, 6) is -0.847. The average molecular weight is 311 g/mol. The molecule has 0 spiro atoms. The summed E-state index contributed by atoms with van der Waals surface area (Å²) < 4.78 is 38.5. The number of halogens is 3. The second-order valence-electron chi connectivity index (χ2n) is 4.62. The van der Waals surface area contributed by atoms with Crippen LogP contribution in [-0.4, -0.2) is 21.5 Å². The number of alkyl halides is 3. The Bertz CT molecular complexity index is 718. The molecule has 1 aromatic heterocycles. The summed E-state index contributed by atoms with van der Waals surface area (Å²) in [5, 5.41) is 5.72. The number of benzene rings is 1. The van der Waals surface area contributed by atoms with E-state index >= 15 is 0 Å².